The Kier molecular flexibility index (Phi) is 3.33. The van der Waals surface area contributed by atoms with Crippen LogP contribution in [0, 0.1) is 0 Å². The Balaban J connectivity index is 2.10. The van der Waals surface area contributed by atoms with Gasteiger partial charge < -0.3 is 0 Å². The van der Waals surface area contributed by atoms with Crippen molar-refractivity contribution in [3.05, 3.63) is 65.7 Å². The minimum atomic E-state index is 0.392. The van der Waals surface area contributed by atoms with Gasteiger partial charge in [-0.1, -0.05) is 38.1 Å². The second-order valence-electron chi connectivity index (χ2n) is 5.10. The van der Waals surface area contributed by atoms with E-state index in [1.807, 2.05) is 41.2 Å². The maximum absolute atomic E-state index is 4.67. The molecule has 100 valence electrons. The molecule has 3 aromatic heterocycles. The zero-order valence-corrected chi connectivity index (χ0v) is 11.7. The normalized spacial score (nSPS) is 11.8. The number of hydrogen-bond acceptors (Lipinski definition) is 2. The molecule has 0 aromatic carbocycles. The molecule has 0 aliphatic heterocycles. The van der Waals surface area contributed by atoms with Crippen LogP contribution in [-0.4, -0.2) is 14.6 Å². The fourth-order valence-corrected chi connectivity index (χ4v) is 2.29. The molecule has 0 atom stereocenters. The van der Waals surface area contributed by atoms with Gasteiger partial charge in [0, 0.05) is 24.2 Å². The molecular formula is C17H17N3. The fraction of sp³-hybridized carbons (Fsp3) is 0.176. The number of nitrogens with zero attached hydrogens (tertiary/aromatic N) is 3. The molecule has 3 heterocycles. The van der Waals surface area contributed by atoms with E-state index in [4.69, 9.17) is 0 Å². The van der Waals surface area contributed by atoms with E-state index in [0.29, 0.717) is 5.92 Å². The van der Waals surface area contributed by atoms with Gasteiger partial charge in [0.15, 0.2) is 0 Å². The maximum atomic E-state index is 4.67. The molecule has 3 nitrogen and oxygen atoms in total. The lowest BCUT2D eigenvalue weighted by molar-refractivity contribution is 0.787. The van der Waals surface area contributed by atoms with Crippen molar-refractivity contribution >= 4 is 17.7 Å². The molecular weight excluding hydrogens is 246 g/mol. The summed E-state index contributed by atoms with van der Waals surface area (Å²) >= 11 is 0. The van der Waals surface area contributed by atoms with Crippen LogP contribution in [0.4, 0.5) is 0 Å². The van der Waals surface area contributed by atoms with Crippen LogP contribution in [0.25, 0.3) is 17.7 Å². The average molecular weight is 263 g/mol. The van der Waals surface area contributed by atoms with Gasteiger partial charge in [-0.05, 0) is 29.7 Å². The van der Waals surface area contributed by atoms with E-state index in [9.17, 15) is 0 Å². The molecule has 0 radical (unpaired) electrons. The molecule has 3 aromatic rings. The predicted molar refractivity (Wildman–Crippen MR) is 82.4 cm³/mol. The largest absolute Gasteiger partial charge is 0.264 e. The van der Waals surface area contributed by atoms with Crippen molar-refractivity contribution in [3.63, 3.8) is 0 Å². The molecule has 0 aliphatic rings. The molecule has 0 unspecified atom stereocenters. The van der Waals surface area contributed by atoms with Gasteiger partial charge in [0.05, 0.1) is 11.2 Å². The van der Waals surface area contributed by atoms with Gasteiger partial charge in [-0.3, -0.25) is 4.98 Å². The summed E-state index contributed by atoms with van der Waals surface area (Å²) in [4.78, 5) is 4.13. The number of fused-ring (bicyclic) bond motifs is 1. The standard InChI is InChI=1S/C17H17N3/c1-13(2)17-15(9-8-14-6-5-10-18-12-14)16-7-3-4-11-20(16)19-17/h3-13H,1-2H3. The highest BCUT2D eigenvalue weighted by molar-refractivity contribution is 5.79. The third-order valence-electron chi connectivity index (χ3n) is 3.28. The number of pyridine rings is 2. The van der Waals surface area contributed by atoms with E-state index >= 15 is 0 Å². The lowest BCUT2D eigenvalue weighted by Gasteiger charge is -2.01. The number of hydrogen-bond donors (Lipinski definition) is 0. The van der Waals surface area contributed by atoms with Crippen LogP contribution in [0.15, 0.2) is 48.9 Å². The molecule has 0 aliphatic carbocycles. The maximum Gasteiger partial charge on any atom is 0.0737 e. The highest BCUT2D eigenvalue weighted by Gasteiger charge is 2.12. The lowest BCUT2D eigenvalue weighted by Crippen LogP contribution is -1.91. The van der Waals surface area contributed by atoms with Crippen LogP contribution in [-0.2, 0) is 0 Å². The second-order valence-corrected chi connectivity index (χ2v) is 5.10. The Labute approximate surface area is 118 Å². The van der Waals surface area contributed by atoms with Crippen molar-refractivity contribution in [3.8, 4) is 0 Å². The van der Waals surface area contributed by atoms with E-state index in [2.05, 4.69) is 42.1 Å². The van der Waals surface area contributed by atoms with Crippen LogP contribution >= 0.6 is 0 Å². The van der Waals surface area contributed by atoms with Crippen molar-refractivity contribution in [1.29, 1.82) is 0 Å². The van der Waals surface area contributed by atoms with Crippen molar-refractivity contribution < 1.29 is 0 Å². The highest BCUT2D eigenvalue weighted by Crippen LogP contribution is 2.24. The first-order chi connectivity index (χ1) is 9.75. The van der Waals surface area contributed by atoms with E-state index < -0.39 is 0 Å². The molecule has 0 spiro atoms. The van der Waals surface area contributed by atoms with Gasteiger partial charge in [0.1, 0.15) is 0 Å². The second kappa shape index (κ2) is 5.29. The van der Waals surface area contributed by atoms with Gasteiger partial charge in [-0.15, -0.1) is 0 Å². The molecule has 3 rings (SSSR count). The molecule has 0 amide bonds. The first kappa shape index (κ1) is 12.6. The Hall–Kier alpha value is -2.42. The zero-order chi connectivity index (χ0) is 13.9. The Morgan fingerprint density at radius 1 is 1.10 bits per heavy atom. The topological polar surface area (TPSA) is 30.2 Å². The van der Waals surface area contributed by atoms with E-state index in [1.54, 1.807) is 6.20 Å². The summed E-state index contributed by atoms with van der Waals surface area (Å²) in [7, 11) is 0. The summed E-state index contributed by atoms with van der Waals surface area (Å²) in [6.07, 6.45) is 9.85. The third-order valence-corrected chi connectivity index (χ3v) is 3.28. The third kappa shape index (κ3) is 2.35. The van der Waals surface area contributed by atoms with Gasteiger partial charge in [-0.25, -0.2) is 4.52 Å². The summed E-state index contributed by atoms with van der Waals surface area (Å²) in [5, 5.41) is 4.67. The monoisotopic (exact) mass is 263 g/mol. The number of rotatable bonds is 3. The summed E-state index contributed by atoms with van der Waals surface area (Å²) in [5.41, 5.74) is 4.54. The minimum absolute atomic E-state index is 0.392. The Morgan fingerprint density at radius 3 is 2.75 bits per heavy atom. The summed E-state index contributed by atoms with van der Waals surface area (Å²) < 4.78 is 1.94. The zero-order valence-electron chi connectivity index (χ0n) is 11.7. The van der Waals surface area contributed by atoms with Gasteiger partial charge in [0.2, 0.25) is 0 Å². The molecule has 0 saturated carbocycles. The van der Waals surface area contributed by atoms with E-state index in [0.717, 1.165) is 16.8 Å². The van der Waals surface area contributed by atoms with Crippen molar-refractivity contribution in [2.75, 3.05) is 0 Å². The van der Waals surface area contributed by atoms with Crippen LogP contribution in [0.1, 0.15) is 36.6 Å². The van der Waals surface area contributed by atoms with Gasteiger partial charge in [-0.2, -0.15) is 5.10 Å². The number of aromatic nitrogens is 3. The predicted octanol–water partition coefficient (Wildman–Crippen LogP) is 4.02. The van der Waals surface area contributed by atoms with Crippen molar-refractivity contribution in [2.24, 2.45) is 0 Å². The minimum Gasteiger partial charge on any atom is -0.264 e. The fourth-order valence-electron chi connectivity index (χ4n) is 2.29. The molecule has 20 heavy (non-hydrogen) atoms. The first-order valence-corrected chi connectivity index (χ1v) is 6.81. The molecule has 3 heteroatoms. The van der Waals surface area contributed by atoms with Gasteiger partial charge in [0.25, 0.3) is 0 Å². The van der Waals surface area contributed by atoms with Crippen LogP contribution in [0.2, 0.25) is 0 Å². The van der Waals surface area contributed by atoms with E-state index in [-0.39, 0.29) is 0 Å². The summed E-state index contributed by atoms with van der Waals surface area (Å²) in [5.74, 6) is 0.392. The summed E-state index contributed by atoms with van der Waals surface area (Å²) in [6.45, 7) is 4.34. The van der Waals surface area contributed by atoms with Gasteiger partial charge >= 0.3 is 0 Å². The highest BCUT2D eigenvalue weighted by atomic mass is 15.2. The molecule has 0 bridgehead atoms. The average Bonchev–Trinajstić information content (AvgIpc) is 2.85. The van der Waals surface area contributed by atoms with Crippen molar-refractivity contribution in [2.45, 2.75) is 19.8 Å². The Bertz CT molecular complexity index is 739. The lowest BCUT2D eigenvalue weighted by atomic mass is 10.0. The first-order valence-electron chi connectivity index (χ1n) is 6.81. The molecule has 0 saturated heterocycles. The van der Waals surface area contributed by atoms with Crippen LogP contribution < -0.4 is 0 Å². The van der Waals surface area contributed by atoms with E-state index in [1.165, 1.54) is 5.56 Å². The SMILES string of the molecule is CC(C)c1nn2ccccc2c1C=Cc1cccnc1. The quantitative estimate of drug-likeness (QED) is 0.714. The van der Waals surface area contributed by atoms with Crippen molar-refractivity contribution in [1.82, 2.24) is 14.6 Å². The van der Waals surface area contributed by atoms with Crippen LogP contribution in [0.5, 0.6) is 0 Å². The smallest absolute Gasteiger partial charge is 0.0737 e. The molecule has 0 N–H and O–H groups in total. The van der Waals surface area contributed by atoms with Crippen LogP contribution in [0.3, 0.4) is 0 Å². The molecule has 0 fully saturated rings. The summed E-state index contributed by atoms with van der Waals surface area (Å²) in [6, 6.07) is 10.1. The Morgan fingerprint density at radius 2 is 2.00 bits per heavy atom.